The Morgan fingerprint density at radius 2 is 1.78 bits per heavy atom. The molecule has 32 heavy (non-hydrogen) atoms. The molecule has 1 aliphatic heterocycles. The number of benzene rings is 2. The number of likely N-dealkylation sites (tertiary alicyclic amines) is 1. The highest BCUT2D eigenvalue weighted by Gasteiger charge is 2.22. The third kappa shape index (κ3) is 4.23. The van der Waals surface area contributed by atoms with Gasteiger partial charge in [0, 0.05) is 30.1 Å². The van der Waals surface area contributed by atoms with Crippen LogP contribution in [0, 0.1) is 6.92 Å². The number of rotatable bonds is 6. The van der Waals surface area contributed by atoms with Gasteiger partial charge in [0.2, 0.25) is 0 Å². The van der Waals surface area contributed by atoms with E-state index in [9.17, 15) is 4.79 Å². The number of hydrogen-bond acceptors (Lipinski definition) is 5. The Kier molecular flexibility index (Phi) is 6.10. The lowest BCUT2D eigenvalue weighted by molar-refractivity contribution is 0.0792. The predicted molar refractivity (Wildman–Crippen MR) is 131 cm³/mol. The molecule has 0 unspecified atom stereocenters. The van der Waals surface area contributed by atoms with Gasteiger partial charge in [0.25, 0.3) is 5.91 Å². The fourth-order valence-electron chi connectivity index (χ4n) is 3.94. The van der Waals surface area contributed by atoms with Crippen molar-refractivity contribution in [1.29, 1.82) is 0 Å². The molecule has 2 aromatic heterocycles. The lowest BCUT2D eigenvalue weighted by atomic mass is 10.1. The molecule has 5 rings (SSSR count). The van der Waals surface area contributed by atoms with Crippen LogP contribution in [0.2, 0.25) is 0 Å². The second-order valence-corrected chi connectivity index (χ2v) is 9.79. The zero-order valence-electron chi connectivity index (χ0n) is 17.9. The van der Waals surface area contributed by atoms with E-state index < -0.39 is 0 Å². The highest BCUT2D eigenvalue weighted by atomic mass is 32.2. The molecule has 4 aromatic rings. The third-order valence-corrected chi connectivity index (χ3v) is 7.51. The van der Waals surface area contributed by atoms with E-state index in [4.69, 9.17) is 0 Å². The topological polar surface area (TPSA) is 51.0 Å². The Balaban J connectivity index is 1.46. The third-order valence-electron chi connectivity index (χ3n) is 5.66. The number of carbonyl (C=O) groups is 1. The number of aromatic nitrogens is 3. The summed E-state index contributed by atoms with van der Waals surface area (Å²) in [4.78, 5) is 16.1. The van der Waals surface area contributed by atoms with Gasteiger partial charge in [-0.15, -0.1) is 21.5 Å². The second kappa shape index (κ2) is 9.30. The largest absolute Gasteiger partial charge is 0.339 e. The molecule has 1 aliphatic rings. The zero-order valence-corrected chi connectivity index (χ0v) is 19.5. The van der Waals surface area contributed by atoms with E-state index >= 15 is 0 Å². The van der Waals surface area contributed by atoms with Crippen LogP contribution in [-0.2, 0) is 5.75 Å². The van der Waals surface area contributed by atoms with Crippen LogP contribution in [0.1, 0.15) is 34.3 Å². The SMILES string of the molecule is Cc1ccc(-n2c(SCc3ccccc3C(=O)N3CCCC3)nnc2-c2cccs2)cc1. The van der Waals surface area contributed by atoms with Crippen LogP contribution in [0.3, 0.4) is 0 Å². The first-order valence-corrected chi connectivity index (χ1v) is 12.6. The van der Waals surface area contributed by atoms with Crippen molar-refractivity contribution in [1.82, 2.24) is 19.7 Å². The number of thiophene rings is 1. The van der Waals surface area contributed by atoms with Gasteiger partial charge in [-0.25, -0.2) is 0 Å². The summed E-state index contributed by atoms with van der Waals surface area (Å²) in [6.07, 6.45) is 2.18. The van der Waals surface area contributed by atoms with Gasteiger partial charge < -0.3 is 4.90 Å². The molecule has 0 aliphatic carbocycles. The summed E-state index contributed by atoms with van der Waals surface area (Å²) >= 11 is 3.27. The maximum absolute atomic E-state index is 13.0. The minimum Gasteiger partial charge on any atom is -0.339 e. The molecular formula is C25H24N4OS2. The van der Waals surface area contributed by atoms with Gasteiger partial charge in [-0.2, -0.15) is 0 Å². The maximum atomic E-state index is 13.0. The molecule has 3 heterocycles. The minimum atomic E-state index is 0.137. The van der Waals surface area contributed by atoms with Gasteiger partial charge in [-0.1, -0.05) is 53.7 Å². The summed E-state index contributed by atoms with van der Waals surface area (Å²) in [5, 5.41) is 11.9. The Morgan fingerprint density at radius 3 is 2.53 bits per heavy atom. The second-order valence-electron chi connectivity index (χ2n) is 7.90. The van der Waals surface area contributed by atoms with Crippen molar-refractivity contribution in [2.45, 2.75) is 30.7 Å². The van der Waals surface area contributed by atoms with Crippen LogP contribution in [-0.4, -0.2) is 38.7 Å². The molecule has 0 N–H and O–H groups in total. The van der Waals surface area contributed by atoms with E-state index in [-0.39, 0.29) is 5.91 Å². The molecule has 2 aromatic carbocycles. The standard InChI is InChI=1S/C25H24N4OS2/c1-18-10-12-20(13-11-18)29-23(22-9-6-16-31-22)26-27-25(29)32-17-19-7-2-3-8-21(19)24(30)28-14-4-5-15-28/h2-3,6-13,16H,4-5,14-15,17H2,1H3. The van der Waals surface area contributed by atoms with Crippen molar-refractivity contribution in [2.75, 3.05) is 13.1 Å². The first kappa shape index (κ1) is 21.0. The monoisotopic (exact) mass is 460 g/mol. The summed E-state index contributed by atoms with van der Waals surface area (Å²) in [6, 6.07) is 20.4. The van der Waals surface area contributed by atoms with Crippen LogP contribution < -0.4 is 0 Å². The van der Waals surface area contributed by atoms with E-state index in [1.807, 2.05) is 35.2 Å². The molecule has 0 atom stereocenters. The zero-order chi connectivity index (χ0) is 21.9. The summed E-state index contributed by atoms with van der Waals surface area (Å²) in [5.41, 5.74) is 4.07. The van der Waals surface area contributed by atoms with E-state index in [0.717, 1.165) is 58.6 Å². The lowest BCUT2D eigenvalue weighted by Gasteiger charge is -2.17. The van der Waals surface area contributed by atoms with Gasteiger partial charge in [-0.05, 0) is 55.0 Å². The highest BCUT2D eigenvalue weighted by molar-refractivity contribution is 7.98. The van der Waals surface area contributed by atoms with Crippen LogP contribution in [0.4, 0.5) is 0 Å². The van der Waals surface area contributed by atoms with Crippen molar-refractivity contribution in [2.24, 2.45) is 0 Å². The summed E-state index contributed by atoms with van der Waals surface area (Å²) in [6.45, 7) is 3.79. The van der Waals surface area contributed by atoms with Gasteiger partial charge in [0.15, 0.2) is 11.0 Å². The minimum absolute atomic E-state index is 0.137. The normalized spacial score (nSPS) is 13.6. The summed E-state index contributed by atoms with van der Waals surface area (Å²) < 4.78 is 2.11. The van der Waals surface area contributed by atoms with Gasteiger partial charge in [0.1, 0.15) is 0 Å². The van der Waals surface area contributed by atoms with Crippen LogP contribution in [0.25, 0.3) is 16.4 Å². The Labute approximate surface area is 196 Å². The average molecular weight is 461 g/mol. The number of hydrogen-bond donors (Lipinski definition) is 0. The van der Waals surface area contributed by atoms with Crippen LogP contribution in [0.15, 0.2) is 71.2 Å². The van der Waals surface area contributed by atoms with Gasteiger partial charge >= 0.3 is 0 Å². The fourth-order valence-corrected chi connectivity index (χ4v) is 5.60. The molecule has 0 radical (unpaired) electrons. The molecule has 1 amide bonds. The van der Waals surface area contributed by atoms with Crippen molar-refractivity contribution >= 4 is 29.0 Å². The Hall–Kier alpha value is -2.90. The van der Waals surface area contributed by atoms with Crippen LogP contribution in [0.5, 0.6) is 0 Å². The van der Waals surface area contributed by atoms with Crippen molar-refractivity contribution < 1.29 is 4.79 Å². The highest BCUT2D eigenvalue weighted by Crippen LogP contribution is 2.32. The fraction of sp³-hybridized carbons (Fsp3) is 0.240. The molecule has 0 saturated carbocycles. The van der Waals surface area contributed by atoms with Crippen molar-refractivity contribution in [3.63, 3.8) is 0 Å². The number of nitrogens with zero attached hydrogens (tertiary/aromatic N) is 4. The van der Waals surface area contributed by atoms with Crippen molar-refractivity contribution in [3.05, 3.63) is 82.7 Å². The number of aryl methyl sites for hydroxylation is 1. The first-order valence-electron chi connectivity index (χ1n) is 10.8. The van der Waals surface area contributed by atoms with Gasteiger partial charge in [0.05, 0.1) is 4.88 Å². The molecule has 0 bridgehead atoms. The smallest absolute Gasteiger partial charge is 0.254 e. The molecule has 0 spiro atoms. The molecule has 5 nitrogen and oxygen atoms in total. The Bertz CT molecular complexity index is 1210. The van der Waals surface area contributed by atoms with Gasteiger partial charge in [-0.3, -0.25) is 9.36 Å². The summed E-state index contributed by atoms with van der Waals surface area (Å²) in [7, 11) is 0. The Morgan fingerprint density at radius 1 is 1.00 bits per heavy atom. The van der Waals surface area contributed by atoms with E-state index in [1.54, 1.807) is 23.1 Å². The lowest BCUT2D eigenvalue weighted by Crippen LogP contribution is -2.28. The predicted octanol–water partition coefficient (Wildman–Crippen LogP) is 5.83. The van der Waals surface area contributed by atoms with E-state index in [2.05, 4.69) is 57.4 Å². The number of thioether (sulfide) groups is 1. The van der Waals surface area contributed by atoms with E-state index in [0.29, 0.717) is 5.75 Å². The summed E-state index contributed by atoms with van der Waals surface area (Å²) in [5.74, 6) is 1.63. The van der Waals surface area contributed by atoms with E-state index in [1.165, 1.54) is 5.56 Å². The quantitative estimate of drug-likeness (QED) is 0.340. The molecule has 1 saturated heterocycles. The first-order chi connectivity index (χ1) is 15.7. The molecule has 1 fully saturated rings. The molecule has 162 valence electrons. The molecular weight excluding hydrogens is 436 g/mol. The van der Waals surface area contributed by atoms with Crippen molar-refractivity contribution in [3.8, 4) is 16.4 Å². The average Bonchev–Trinajstić information content (AvgIpc) is 3.60. The number of amides is 1. The van der Waals surface area contributed by atoms with Crippen LogP contribution >= 0.6 is 23.1 Å². The molecule has 7 heteroatoms. The maximum Gasteiger partial charge on any atom is 0.254 e. The number of carbonyl (C=O) groups excluding carboxylic acids is 1.